The maximum absolute atomic E-state index is 15.2. The molecule has 2 heterocycles. The summed E-state index contributed by atoms with van der Waals surface area (Å²) in [6.45, 7) is 0. The van der Waals surface area contributed by atoms with Crippen molar-refractivity contribution in [2.24, 2.45) is 17.8 Å². The number of carbonyl (C=O) groups is 4. The van der Waals surface area contributed by atoms with E-state index < -0.39 is 111 Å². The van der Waals surface area contributed by atoms with Crippen LogP contribution in [0.25, 0.3) is 0 Å². The van der Waals surface area contributed by atoms with Gasteiger partial charge in [-0.25, -0.2) is 26.9 Å². The van der Waals surface area contributed by atoms with Crippen LogP contribution in [0.15, 0.2) is 54.1 Å². The molecule has 0 radical (unpaired) electrons. The maximum atomic E-state index is 15.2. The van der Waals surface area contributed by atoms with E-state index in [1.54, 1.807) is 0 Å². The number of rotatable bonds is 4. The summed E-state index contributed by atoms with van der Waals surface area (Å²) >= 11 is 20.3. The first-order valence-corrected chi connectivity index (χ1v) is 15.9. The van der Waals surface area contributed by atoms with Crippen LogP contribution in [0.5, 0.6) is 5.75 Å². The number of hydrogen-bond acceptors (Lipinski definition) is 7. The first-order valence-electron chi connectivity index (χ1n) is 14.8. The molecule has 3 aromatic rings. The molecule has 0 spiro atoms. The molecular weight excluding hydrogens is 737 g/mol. The highest BCUT2D eigenvalue weighted by atomic mass is 35.5. The Hall–Kier alpha value is -4.02. The van der Waals surface area contributed by atoms with Crippen LogP contribution in [0.3, 0.4) is 0 Å². The monoisotopic (exact) mass is 754 g/mol. The molecule has 4 aliphatic rings. The first kappa shape index (κ1) is 34.4. The number of imide groups is 2. The van der Waals surface area contributed by atoms with E-state index in [9.17, 15) is 47.5 Å². The molecule has 258 valence electrons. The maximum Gasteiger partial charge on any atom is 0.488 e. The zero-order chi connectivity index (χ0) is 36.4. The lowest BCUT2D eigenvalue weighted by Crippen LogP contribution is -2.60. The fourth-order valence-corrected chi connectivity index (χ4v) is 8.86. The fraction of sp³-hybridized carbons (Fsp3) is 0.250. The summed E-state index contributed by atoms with van der Waals surface area (Å²) in [5.41, 5.74) is -2.11. The third-order valence-electron chi connectivity index (χ3n) is 9.95. The lowest BCUT2D eigenvalue weighted by atomic mass is 9.56. The molecule has 3 aromatic carbocycles. The molecule has 2 aliphatic heterocycles. The van der Waals surface area contributed by atoms with Gasteiger partial charge in [-0.15, -0.1) is 23.2 Å². The number of alkyl halides is 2. The van der Waals surface area contributed by atoms with E-state index in [4.69, 9.17) is 34.8 Å². The third kappa shape index (κ3) is 4.39. The van der Waals surface area contributed by atoms with Crippen LogP contribution < -0.4 is 15.3 Å². The summed E-state index contributed by atoms with van der Waals surface area (Å²) in [7, 11) is -1.94. The van der Waals surface area contributed by atoms with Crippen molar-refractivity contribution in [3.63, 3.8) is 0 Å². The van der Waals surface area contributed by atoms with Gasteiger partial charge < -0.3 is 15.2 Å². The van der Waals surface area contributed by atoms with Crippen LogP contribution in [0.4, 0.5) is 33.3 Å². The van der Waals surface area contributed by atoms with E-state index in [0.717, 1.165) is 17.0 Å². The van der Waals surface area contributed by atoms with Crippen molar-refractivity contribution in [1.82, 2.24) is 0 Å². The minimum atomic E-state index is -2.83. The van der Waals surface area contributed by atoms with Gasteiger partial charge in [0, 0.05) is 16.5 Å². The molecule has 6 atom stereocenters. The number of hydrogen-bond donors (Lipinski definition) is 3. The van der Waals surface area contributed by atoms with Crippen LogP contribution in [-0.2, 0) is 19.2 Å². The molecule has 3 fully saturated rings. The van der Waals surface area contributed by atoms with E-state index in [1.807, 2.05) is 0 Å². The topological polar surface area (TPSA) is 135 Å². The molecule has 2 aliphatic carbocycles. The lowest BCUT2D eigenvalue weighted by Gasteiger charge is -2.50. The van der Waals surface area contributed by atoms with Crippen LogP contribution in [0.2, 0.25) is 5.02 Å². The van der Waals surface area contributed by atoms with Crippen LogP contribution in [0, 0.1) is 46.8 Å². The van der Waals surface area contributed by atoms with E-state index >= 15 is 8.78 Å². The number of benzene rings is 3. The molecule has 9 nitrogen and oxygen atoms in total. The van der Waals surface area contributed by atoms with Gasteiger partial charge in [0.1, 0.15) is 11.4 Å². The van der Waals surface area contributed by atoms with Crippen molar-refractivity contribution in [3.8, 4) is 5.75 Å². The number of nitrogens with zero attached hydrogens (tertiary/aromatic N) is 2. The van der Waals surface area contributed by atoms with Crippen molar-refractivity contribution >= 4 is 82.4 Å². The van der Waals surface area contributed by atoms with Gasteiger partial charge in [0.15, 0.2) is 33.0 Å². The van der Waals surface area contributed by atoms with Gasteiger partial charge >= 0.3 is 7.12 Å². The van der Waals surface area contributed by atoms with Gasteiger partial charge in [0.25, 0.3) is 11.8 Å². The Labute approximate surface area is 293 Å². The van der Waals surface area contributed by atoms with E-state index in [0.29, 0.717) is 0 Å². The van der Waals surface area contributed by atoms with Crippen LogP contribution >= 0.6 is 34.8 Å². The summed E-state index contributed by atoms with van der Waals surface area (Å²) in [5, 5.41) is 30.3. The summed E-state index contributed by atoms with van der Waals surface area (Å²) < 4.78 is 73.1. The SMILES string of the molecule is O=C1C2CC=C3C(CC4(Cl)C(=O)N(c5c(F)c(F)c(F)c(F)c5F)C(=O)C4(Cl)C3c3cc(Cl)ccc3O)C2C(=O)N1c1cccc(B(O)O)c1. The number of fused-ring (bicyclic) bond motifs is 4. The smallest absolute Gasteiger partial charge is 0.488 e. The second kappa shape index (κ2) is 11.5. The average Bonchev–Trinajstić information content (AvgIpc) is 3.42. The molecule has 50 heavy (non-hydrogen) atoms. The number of carbonyl (C=O) groups excluding carboxylic acids is 4. The Morgan fingerprint density at radius 3 is 2.08 bits per heavy atom. The second-order valence-corrected chi connectivity index (χ2v) is 14.1. The van der Waals surface area contributed by atoms with Gasteiger partial charge in [0.05, 0.1) is 17.5 Å². The Balaban J connectivity index is 1.43. The minimum absolute atomic E-state index is 0.0155. The Morgan fingerprint density at radius 2 is 1.44 bits per heavy atom. The standard InChI is InChI=1S/C32H19BCl3F5N2O7/c34-12-4-7-18(44)16(9-12)20-14-5-6-15-19(28(46)42(27(15)45)13-3-1-2-11(8-13)33(49)50)17(14)10-31(35)29(47)43(30(48)32(20,31)36)26-24(40)22(38)21(37)23(39)25(26)41/h1-5,7-9,15,17,19-20,44,49-50H,6,10H2. The Morgan fingerprint density at radius 1 is 0.800 bits per heavy atom. The minimum Gasteiger partial charge on any atom is -0.508 e. The normalized spacial score (nSPS) is 28.9. The van der Waals surface area contributed by atoms with Crippen molar-refractivity contribution in [2.75, 3.05) is 9.80 Å². The predicted molar refractivity (Wildman–Crippen MR) is 168 cm³/mol. The summed E-state index contributed by atoms with van der Waals surface area (Å²) in [6.07, 6.45) is 0.559. The number of allylic oxidation sites excluding steroid dienone is 2. The molecule has 6 unspecified atom stereocenters. The van der Waals surface area contributed by atoms with E-state index in [2.05, 4.69) is 0 Å². The van der Waals surface area contributed by atoms with Gasteiger partial charge in [0.2, 0.25) is 17.6 Å². The highest BCUT2D eigenvalue weighted by Crippen LogP contribution is 2.67. The molecular formula is C32H19BCl3F5N2O7. The molecule has 18 heteroatoms. The van der Waals surface area contributed by atoms with Gasteiger partial charge in [-0.2, -0.15) is 0 Å². The lowest BCUT2D eigenvalue weighted by molar-refractivity contribution is -0.125. The molecule has 1 saturated carbocycles. The van der Waals surface area contributed by atoms with Crippen LogP contribution in [0.1, 0.15) is 24.3 Å². The first-order chi connectivity index (χ1) is 23.5. The van der Waals surface area contributed by atoms with E-state index in [-0.39, 0.29) is 38.6 Å². The highest BCUT2D eigenvalue weighted by molar-refractivity contribution is 6.59. The second-order valence-electron chi connectivity index (χ2n) is 12.4. The Kier molecular flexibility index (Phi) is 7.92. The third-order valence-corrected chi connectivity index (χ3v) is 11.6. The summed E-state index contributed by atoms with van der Waals surface area (Å²) in [4.78, 5) is 51.4. The summed E-state index contributed by atoms with van der Waals surface area (Å²) in [5.74, 6) is -23.3. The number of amides is 4. The van der Waals surface area contributed by atoms with Gasteiger partial charge in [-0.1, -0.05) is 35.4 Å². The molecule has 4 amide bonds. The molecule has 3 N–H and O–H groups in total. The van der Waals surface area contributed by atoms with Crippen LogP contribution in [-0.4, -0.2) is 55.7 Å². The van der Waals surface area contributed by atoms with Crippen molar-refractivity contribution in [1.29, 1.82) is 0 Å². The number of anilines is 2. The Bertz CT molecular complexity index is 2090. The molecule has 0 aromatic heterocycles. The largest absolute Gasteiger partial charge is 0.508 e. The van der Waals surface area contributed by atoms with Gasteiger partial charge in [-0.05, 0) is 54.6 Å². The molecule has 7 rings (SSSR count). The zero-order valence-corrected chi connectivity index (χ0v) is 27.1. The number of phenols is 1. The number of halogens is 8. The average molecular weight is 756 g/mol. The quantitative estimate of drug-likeness (QED) is 0.0692. The fourth-order valence-electron chi connectivity index (χ4n) is 7.75. The van der Waals surface area contributed by atoms with Crippen molar-refractivity contribution in [2.45, 2.75) is 28.5 Å². The van der Waals surface area contributed by atoms with E-state index in [1.165, 1.54) is 36.4 Å². The van der Waals surface area contributed by atoms with Crippen molar-refractivity contribution < 1.29 is 56.3 Å². The highest BCUT2D eigenvalue weighted by Gasteiger charge is 2.77. The predicted octanol–water partition coefficient (Wildman–Crippen LogP) is 4.19. The molecule has 2 saturated heterocycles. The number of aromatic hydroxyl groups is 1. The molecule has 0 bridgehead atoms. The number of phenolic OH excluding ortho intramolecular Hbond substituents is 1. The zero-order valence-electron chi connectivity index (χ0n) is 24.8. The summed E-state index contributed by atoms with van der Waals surface area (Å²) in [6, 6.07) is 8.82. The van der Waals surface area contributed by atoms with Crippen molar-refractivity contribution in [3.05, 3.63) is 93.8 Å². The van der Waals surface area contributed by atoms with Gasteiger partial charge in [-0.3, -0.25) is 24.1 Å².